The molecule has 3 aromatic rings. The Morgan fingerprint density at radius 3 is 2.66 bits per heavy atom. The molecule has 0 radical (unpaired) electrons. The van der Waals surface area contributed by atoms with Gasteiger partial charge in [0.2, 0.25) is 5.91 Å². The zero-order valence-electron chi connectivity index (χ0n) is 16.5. The molecule has 0 bridgehead atoms. The number of nitrogens with zero attached hydrogens (tertiary/aromatic N) is 3. The van der Waals surface area contributed by atoms with Crippen LogP contribution in [0.4, 0.5) is 10.4 Å². The molecule has 1 aromatic heterocycles. The fourth-order valence-corrected chi connectivity index (χ4v) is 3.95. The summed E-state index contributed by atoms with van der Waals surface area (Å²) in [7, 11) is 0. The second-order valence-corrected chi connectivity index (χ2v) is 8.14. The van der Waals surface area contributed by atoms with E-state index in [9.17, 15) is 9.18 Å². The van der Waals surface area contributed by atoms with Crippen molar-refractivity contribution >= 4 is 23.0 Å². The molecule has 1 saturated heterocycles. The normalized spacial score (nSPS) is 17.2. The lowest BCUT2D eigenvalue weighted by molar-refractivity contribution is -0.130. The molecular weight excluding hydrogens is 369 g/mol. The predicted molar refractivity (Wildman–Crippen MR) is 110 cm³/mol. The Hall–Kier alpha value is -2.89. The fraction of sp³-hybridized carbons (Fsp3) is 0.391. The number of oxazole rings is 1. The van der Waals surface area contributed by atoms with Crippen LogP contribution >= 0.6 is 0 Å². The molecule has 2 aliphatic rings. The molecule has 2 heterocycles. The molecular formula is C23H24FN3O2. The van der Waals surface area contributed by atoms with E-state index >= 15 is 0 Å². The molecule has 2 fully saturated rings. The Bertz CT molecular complexity index is 1070. The molecule has 1 saturated carbocycles. The van der Waals surface area contributed by atoms with Gasteiger partial charge in [0, 0.05) is 26.2 Å². The maximum atomic E-state index is 14.4. The van der Waals surface area contributed by atoms with E-state index in [0.717, 1.165) is 35.1 Å². The van der Waals surface area contributed by atoms with E-state index in [4.69, 9.17) is 4.42 Å². The molecule has 0 spiro atoms. The van der Waals surface area contributed by atoms with E-state index in [0.29, 0.717) is 43.7 Å². The number of fused-ring (bicyclic) bond motifs is 1. The van der Waals surface area contributed by atoms with Gasteiger partial charge < -0.3 is 14.2 Å². The van der Waals surface area contributed by atoms with Gasteiger partial charge in [-0.15, -0.1) is 0 Å². The van der Waals surface area contributed by atoms with Crippen molar-refractivity contribution in [1.82, 2.24) is 9.88 Å². The molecule has 29 heavy (non-hydrogen) atoms. The Labute approximate surface area is 169 Å². The van der Waals surface area contributed by atoms with Gasteiger partial charge in [-0.2, -0.15) is 4.98 Å². The van der Waals surface area contributed by atoms with Crippen LogP contribution in [0, 0.1) is 12.7 Å². The molecule has 5 rings (SSSR count). The SMILES string of the molecule is Cc1ccc2nc(N3CCN(C(=O)Cc4ccc(C5CC5)cc4F)CC3)oc2c1. The molecule has 150 valence electrons. The minimum absolute atomic E-state index is 0.0316. The smallest absolute Gasteiger partial charge is 0.298 e. The highest BCUT2D eigenvalue weighted by molar-refractivity contribution is 5.79. The highest BCUT2D eigenvalue weighted by Gasteiger charge is 2.26. The van der Waals surface area contributed by atoms with Gasteiger partial charge in [-0.05, 0) is 60.6 Å². The molecule has 2 aromatic carbocycles. The molecule has 0 N–H and O–H groups in total. The Kier molecular flexibility index (Phi) is 4.49. The van der Waals surface area contributed by atoms with Crippen LogP contribution in [0.3, 0.4) is 0 Å². The first-order valence-electron chi connectivity index (χ1n) is 10.2. The molecule has 5 nitrogen and oxygen atoms in total. The number of aryl methyl sites for hydroxylation is 1. The minimum atomic E-state index is -0.261. The summed E-state index contributed by atoms with van der Waals surface area (Å²) in [5, 5.41) is 0. The number of carbonyl (C=O) groups is 1. The molecule has 1 aliphatic carbocycles. The molecule has 0 atom stereocenters. The summed E-state index contributed by atoms with van der Waals surface area (Å²) >= 11 is 0. The summed E-state index contributed by atoms with van der Waals surface area (Å²) in [6.07, 6.45) is 2.39. The van der Waals surface area contributed by atoms with Crippen molar-refractivity contribution in [1.29, 1.82) is 0 Å². The standard InChI is InChI=1S/C23H24FN3O2/c1-15-2-7-20-21(12-15)29-23(25-20)27-10-8-26(9-11-27)22(28)14-18-6-5-17(13-19(18)24)16-3-4-16/h2,5-7,12-13,16H,3-4,8-11,14H2,1H3. The van der Waals surface area contributed by atoms with E-state index in [-0.39, 0.29) is 18.1 Å². The maximum absolute atomic E-state index is 14.4. The summed E-state index contributed by atoms with van der Waals surface area (Å²) < 4.78 is 20.3. The number of hydrogen-bond acceptors (Lipinski definition) is 4. The van der Waals surface area contributed by atoms with Crippen molar-refractivity contribution < 1.29 is 13.6 Å². The summed E-state index contributed by atoms with van der Waals surface area (Å²) in [4.78, 5) is 21.1. The van der Waals surface area contributed by atoms with Gasteiger partial charge in [-0.25, -0.2) is 4.39 Å². The molecule has 0 unspecified atom stereocenters. The van der Waals surface area contributed by atoms with Gasteiger partial charge in [-0.3, -0.25) is 4.79 Å². The van der Waals surface area contributed by atoms with Crippen molar-refractivity contribution in [3.8, 4) is 0 Å². The third-order valence-electron chi connectivity index (χ3n) is 5.90. The van der Waals surface area contributed by atoms with Gasteiger partial charge >= 0.3 is 0 Å². The first-order valence-corrected chi connectivity index (χ1v) is 10.2. The average molecular weight is 393 g/mol. The van der Waals surface area contributed by atoms with Crippen LogP contribution in [0.15, 0.2) is 40.8 Å². The van der Waals surface area contributed by atoms with E-state index in [1.54, 1.807) is 17.0 Å². The summed E-state index contributed by atoms with van der Waals surface area (Å²) in [5.41, 5.74) is 4.29. The van der Waals surface area contributed by atoms with Crippen LogP contribution in [0.25, 0.3) is 11.1 Å². The van der Waals surface area contributed by atoms with E-state index in [1.807, 2.05) is 31.2 Å². The first kappa shape index (κ1) is 18.2. The highest BCUT2D eigenvalue weighted by Crippen LogP contribution is 2.40. The van der Waals surface area contributed by atoms with Crippen molar-refractivity contribution in [2.75, 3.05) is 31.1 Å². The second-order valence-electron chi connectivity index (χ2n) is 8.14. The summed E-state index contributed by atoms with van der Waals surface area (Å²) in [5.74, 6) is 0.220. The summed E-state index contributed by atoms with van der Waals surface area (Å²) in [6, 6.07) is 11.9. The van der Waals surface area contributed by atoms with Crippen molar-refractivity contribution in [2.24, 2.45) is 0 Å². The number of hydrogen-bond donors (Lipinski definition) is 0. The monoisotopic (exact) mass is 393 g/mol. The van der Waals surface area contributed by atoms with E-state index < -0.39 is 0 Å². The Morgan fingerprint density at radius 1 is 1.14 bits per heavy atom. The minimum Gasteiger partial charge on any atom is -0.423 e. The topological polar surface area (TPSA) is 49.6 Å². The highest BCUT2D eigenvalue weighted by atomic mass is 19.1. The van der Waals surface area contributed by atoms with Crippen molar-refractivity contribution in [3.63, 3.8) is 0 Å². The average Bonchev–Trinajstić information content (AvgIpc) is 3.49. The molecule has 1 aliphatic heterocycles. The van der Waals surface area contributed by atoms with Gasteiger partial charge in [-0.1, -0.05) is 18.2 Å². The number of rotatable bonds is 4. The van der Waals surface area contributed by atoms with Gasteiger partial charge in [0.05, 0.1) is 6.42 Å². The van der Waals surface area contributed by atoms with Crippen molar-refractivity contribution in [3.05, 3.63) is 58.9 Å². The van der Waals surface area contributed by atoms with Crippen LogP contribution in [-0.4, -0.2) is 42.0 Å². The summed E-state index contributed by atoms with van der Waals surface area (Å²) in [6.45, 7) is 4.49. The van der Waals surface area contributed by atoms with Crippen LogP contribution in [0.5, 0.6) is 0 Å². The predicted octanol–water partition coefficient (Wildman–Crippen LogP) is 4.04. The third kappa shape index (κ3) is 3.71. The Balaban J connectivity index is 1.21. The van der Waals surface area contributed by atoms with Gasteiger partial charge in [0.15, 0.2) is 5.58 Å². The lowest BCUT2D eigenvalue weighted by atomic mass is 10.0. The second kappa shape index (κ2) is 7.17. The number of benzene rings is 2. The zero-order valence-corrected chi connectivity index (χ0v) is 16.5. The fourth-order valence-electron chi connectivity index (χ4n) is 3.95. The third-order valence-corrected chi connectivity index (χ3v) is 5.90. The van der Waals surface area contributed by atoms with E-state index in [2.05, 4.69) is 9.88 Å². The number of amides is 1. The molecule has 6 heteroatoms. The zero-order chi connectivity index (χ0) is 20.0. The molecule has 1 amide bonds. The van der Waals surface area contributed by atoms with Crippen molar-refractivity contribution in [2.45, 2.75) is 32.1 Å². The van der Waals surface area contributed by atoms with Crippen LogP contribution < -0.4 is 4.90 Å². The van der Waals surface area contributed by atoms with Crippen LogP contribution in [-0.2, 0) is 11.2 Å². The number of carbonyl (C=O) groups excluding carboxylic acids is 1. The number of piperazine rings is 1. The van der Waals surface area contributed by atoms with Gasteiger partial charge in [0.25, 0.3) is 6.01 Å². The van der Waals surface area contributed by atoms with Crippen LogP contribution in [0.2, 0.25) is 0 Å². The van der Waals surface area contributed by atoms with Crippen LogP contribution in [0.1, 0.15) is 35.4 Å². The lowest BCUT2D eigenvalue weighted by Gasteiger charge is -2.34. The van der Waals surface area contributed by atoms with Gasteiger partial charge in [0.1, 0.15) is 11.3 Å². The number of halogens is 1. The Morgan fingerprint density at radius 2 is 1.93 bits per heavy atom. The largest absolute Gasteiger partial charge is 0.423 e. The number of aromatic nitrogens is 1. The van der Waals surface area contributed by atoms with E-state index in [1.165, 1.54) is 0 Å². The number of anilines is 1. The lowest BCUT2D eigenvalue weighted by Crippen LogP contribution is -2.49. The first-order chi connectivity index (χ1) is 14.1. The maximum Gasteiger partial charge on any atom is 0.298 e. The quantitative estimate of drug-likeness (QED) is 0.671.